The Morgan fingerprint density at radius 1 is 0.900 bits per heavy atom. The zero-order valence-corrected chi connectivity index (χ0v) is 11.8. The maximum Gasteiger partial charge on any atom is 0.0992 e. The Bertz CT molecular complexity index is 663. The second kappa shape index (κ2) is 6.30. The number of hydrogen-bond acceptors (Lipinski definition) is 3. The number of anilines is 1. The summed E-state index contributed by atoms with van der Waals surface area (Å²) in [4.78, 5) is 0. The molecule has 2 aromatic carbocycles. The topological polar surface area (TPSA) is 59.6 Å². The molecule has 0 atom stereocenters. The minimum Gasteiger partial charge on any atom is -0.380 e. The molecule has 20 heavy (non-hydrogen) atoms. The lowest BCUT2D eigenvalue weighted by Crippen LogP contribution is -2.01. The lowest BCUT2D eigenvalue weighted by molar-refractivity contribution is 1.15. The van der Waals surface area contributed by atoms with Crippen LogP contribution in [0.15, 0.2) is 36.4 Å². The van der Waals surface area contributed by atoms with E-state index in [4.69, 9.17) is 33.7 Å². The molecule has 0 saturated carbocycles. The van der Waals surface area contributed by atoms with Gasteiger partial charge < -0.3 is 5.32 Å². The summed E-state index contributed by atoms with van der Waals surface area (Å²) >= 11 is 12.2. The molecule has 1 N–H and O–H groups in total. The van der Waals surface area contributed by atoms with E-state index in [2.05, 4.69) is 5.32 Å². The van der Waals surface area contributed by atoms with Gasteiger partial charge in [-0.05, 0) is 35.9 Å². The normalized spacial score (nSPS) is 9.60. The smallest absolute Gasteiger partial charge is 0.0992 e. The first kappa shape index (κ1) is 14.2. The monoisotopic (exact) mass is 301 g/mol. The van der Waals surface area contributed by atoms with Crippen molar-refractivity contribution in [2.24, 2.45) is 0 Å². The van der Waals surface area contributed by atoms with Gasteiger partial charge in [0, 0.05) is 11.6 Å². The number of nitriles is 2. The average molecular weight is 302 g/mol. The molecule has 2 rings (SSSR count). The molecule has 98 valence electrons. The number of rotatable bonds is 3. The van der Waals surface area contributed by atoms with E-state index in [9.17, 15) is 0 Å². The molecule has 3 nitrogen and oxygen atoms in total. The van der Waals surface area contributed by atoms with Crippen molar-refractivity contribution in [3.63, 3.8) is 0 Å². The molecule has 0 spiro atoms. The summed E-state index contributed by atoms with van der Waals surface area (Å²) in [6.45, 7) is 0.482. The fourth-order valence-electron chi connectivity index (χ4n) is 1.68. The van der Waals surface area contributed by atoms with Crippen LogP contribution in [0.1, 0.15) is 16.7 Å². The van der Waals surface area contributed by atoms with Crippen LogP contribution in [0.3, 0.4) is 0 Å². The van der Waals surface area contributed by atoms with Gasteiger partial charge in [-0.1, -0.05) is 29.3 Å². The Morgan fingerprint density at radius 2 is 1.50 bits per heavy atom. The highest BCUT2D eigenvalue weighted by Gasteiger charge is 2.05. The Labute approximate surface area is 127 Å². The van der Waals surface area contributed by atoms with Gasteiger partial charge in [0.1, 0.15) is 0 Å². The van der Waals surface area contributed by atoms with Crippen molar-refractivity contribution in [2.75, 3.05) is 5.32 Å². The third-order valence-electron chi connectivity index (χ3n) is 2.75. The van der Waals surface area contributed by atoms with Gasteiger partial charge >= 0.3 is 0 Å². The number of nitrogens with one attached hydrogen (secondary N) is 1. The molecular weight excluding hydrogens is 293 g/mol. The highest BCUT2D eigenvalue weighted by molar-refractivity contribution is 6.33. The van der Waals surface area contributed by atoms with E-state index in [-0.39, 0.29) is 0 Å². The van der Waals surface area contributed by atoms with Crippen molar-refractivity contribution >= 4 is 28.9 Å². The number of benzene rings is 2. The molecule has 0 fully saturated rings. The van der Waals surface area contributed by atoms with E-state index in [0.717, 1.165) is 11.3 Å². The van der Waals surface area contributed by atoms with Gasteiger partial charge in [-0.3, -0.25) is 0 Å². The fraction of sp³-hybridized carbons (Fsp3) is 0.0667. The van der Waals surface area contributed by atoms with Crippen LogP contribution in [-0.4, -0.2) is 0 Å². The van der Waals surface area contributed by atoms with E-state index in [1.54, 1.807) is 36.4 Å². The van der Waals surface area contributed by atoms with Gasteiger partial charge in [-0.2, -0.15) is 10.5 Å². The molecular formula is C15H9Cl2N3. The van der Waals surface area contributed by atoms with Crippen LogP contribution in [0, 0.1) is 22.7 Å². The van der Waals surface area contributed by atoms with Crippen LogP contribution >= 0.6 is 23.2 Å². The Morgan fingerprint density at radius 3 is 2.05 bits per heavy atom. The van der Waals surface area contributed by atoms with E-state index < -0.39 is 0 Å². The zero-order valence-electron chi connectivity index (χ0n) is 10.3. The molecule has 0 aromatic heterocycles. The molecule has 2 aromatic rings. The summed E-state index contributed by atoms with van der Waals surface area (Å²) in [5, 5.41) is 21.7. The van der Waals surface area contributed by atoms with Gasteiger partial charge in [0.2, 0.25) is 0 Å². The summed E-state index contributed by atoms with van der Waals surface area (Å²) in [7, 11) is 0. The lowest BCUT2D eigenvalue weighted by Gasteiger charge is -2.10. The van der Waals surface area contributed by atoms with Crippen LogP contribution < -0.4 is 5.32 Å². The van der Waals surface area contributed by atoms with Gasteiger partial charge in [0.05, 0.1) is 34.0 Å². The standard InChI is InChI=1S/C15H9Cl2N3/c16-13-5-10(7-18)1-3-12(13)9-20-15-4-2-11(8-19)6-14(15)17/h1-6,20H,9H2. The zero-order chi connectivity index (χ0) is 14.5. The maximum atomic E-state index is 8.78. The highest BCUT2D eigenvalue weighted by atomic mass is 35.5. The van der Waals surface area contributed by atoms with Crippen molar-refractivity contribution in [1.29, 1.82) is 10.5 Å². The molecule has 0 amide bonds. The van der Waals surface area contributed by atoms with Gasteiger partial charge in [-0.25, -0.2) is 0 Å². The molecule has 0 bridgehead atoms. The minimum atomic E-state index is 0.480. The largest absolute Gasteiger partial charge is 0.380 e. The molecule has 0 saturated heterocycles. The summed E-state index contributed by atoms with van der Waals surface area (Å²) in [6, 6.07) is 14.2. The fourth-order valence-corrected chi connectivity index (χ4v) is 2.17. The number of hydrogen-bond donors (Lipinski definition) is 1. The predicted molar refractivity (Wildman–Crippen MR) is 79.7 cm³/mol. The van der Waals surface area contributed by atoms with Gasteiger partial charge in [0.25, 0.3) is 0 Å². The first-order valence-corrected chi connectivity index (χ1v) is 6.51. The Kier molecular flexibility index (Phi) is 4.48. The molecule has 0 heterocycles. The molecule has 0 unspecified atom stereocenters. The summed E-state index contributed by atoms with van der Waals surface area (Å²) in [5.41, 5.74) is 2.63. The Balaban J connectivity index is 2.13. The molecule has 0 aliphatic heterocycles. The van der Waals surface area contributed by atoms with Gasteiger partial charge in [-0.15, -0.1) is 0 Å². The number of nitrogens with zero attached hydrogens (tertiary/aromatic N) is 2. The number of halogens is 2. The first-order valence-electron chi connectivity index (χ1n) is 5.76. The van der Waals surface area contributed by atoms with Crippen LogP contribution in [0.25, 0.3) is 0 Å². The van der Waals surface area contributed by atoms with Crippen LogP contribution in [0.4, 0.5) is 5.69 Å². The third-order valence-corrected chi connectivity index (χ3v) is 3.41. The SMILES string of the molecule is N#Cc1ccc(CNc2ccc(C#N)cc2Cl)c(Cl)c1. The average Bonchev–Trinajstić information content (AvgIpc) is 2.46. The van der Waals surface area contributed by atoms with Crippen LogP contribution in [-0.2, 0) is 6.54 Å². The van der Waals surface area contributed by atoms with Crippen molar-refractivity contribution in [3.8, 4) is 12.1 Å². The van der Waals surface area contributed by atoms with Crippen molar-refractivity contribution in [3.05, 3.63) is 63.1 Å². The second-order valence-electron chi connectivity index (χ2n) is 4.08. The third kappa shape index (κ3) is 3.22. The van der Waals surface area contributed by atoms with Crippen molar-refractivity contribution < 1.29 is 0 Å². The summed E-state index contributed by atoms with van der Waals surface area (Å²) in [5.74, 6) is 0. The van der Waals surface area contributed by atoms with E-state index >= 15 is 0 Å². The van der Waals surface area contributed by atoms with Crippen molar-refractivity contribution in [2.45, 2.75) is 6.54 Å². The van der Waals surface area contributed by atoms with E-state index in [0.29, 0.717) is 27.7 Å². The van der Waals surface area contributed by atoms with Gasteiger partial charge in [0.15, 0.2) is 0 Å². The summed E-state index contributed by atoms with van der Waals surface area (Å²) in [6.07, 6.45) is 0. The quantitative estimate of drug-likeness (QED) is 0.917. The predicted octanol–water partition coefficient (Wildman–Crippen LogP) is 4.35. The second-order valence-corrected chi connectivity index (χ2v) is 4.89. The van der Waals surface area contributed by atoms with Crippen molar-refractivity contribution in [1.82, 2.24) is 0 Å². The van der Waals surface area contributed by atoms with E-state index in [1.165, 1.54) is 0 Å². The van der Waals surface area contributed by atoms with Crippen LogP contribution in [0.5, 0.6) is 0 Å². The van der Waals surface area contributed by atoms with Crippen LogP contribution in [0.2, 0.25) is 10.0 Å². The molecule has 0 aliphatic rings. The lowest BCUT2D eigenvalue weighted by atomic mass is 10.1. The molecule has 0 aliphatic carbocycles. The Hall–Kier alpha value is -2.20. The molecule has 0 radical (unpaired) electrons. The summed E-state index contributed by atoms with van der Waals surface area (Å²) < 4.78 is 0. The maximum absolute atomic E-state index is 8.78. The first-order chi connectivity index (χ1) is 9.63. The minimum absolute atomic E-state index is 0.480. The highest BCUT2D eigenvalue weighted by Crippen LogP contribution is 2.25. The molecule has 5 heteroatoms. The van der Waals surface area contributed by atoms with E-state index in [1.807, 2.05) is 12.1 Å².